The van der Waals surface area contributed by atoms with Crippen molar-refractivity contribution in [1.29, 1.82) is 0 Å². The molecule has 7 heteroatoms. The minimum atomic E-state index is -4.34. The maximum atomic E-state index is 12.7. The molecular weight excluding hydrogens is 373 g/mol. The van der Waals surface area contributed by atoms with E-state index in [-0.39, 0.29) is 5.75 Å². The number of aryl methyl sites for hydroxylation is 2. The molecule has 0 radical (unpaired) electrons. The van der Waals surface area contributed by atoms with Gasteiger partial charge in [0.25, 0.3) is 0 Å². The first-order valence-corrected chi connectivity index (χ1v) is 9.11. The van der Waals surface area contributed by atoms with Crippen molar-refractivity contribution >= 4 is 17.0 Å². The largest absolute Gasteiger partial charge is 0.508 e. The lowest BCUT2D eigenvalue weighted by Gasteiger charge is -2.19. The van der Waals surface area contributed by atoms with Crippen LogP contribution in [0.3, 0.4) is 0 Å². The van der Waals surface area contributed by atoms with Gasteiger partial charge in [-0.05, 0) is 49.7 Å². The summed E-state index contributed by atoms with van der Waals surface area (Å²) < 4.78 is 38.1. The summed E-state index contributed by atoms with van der Waals surface area (Å²) in [5, 5.41) is 10.4. The highest BCUT2D eigenvalue weighted by molar-refractivity contribution is 7.15. The first-order chi connectivity index (χ1) is 12.6. The van der Waals surface area contributed by atoms with Gasteiger partial charge in [0.2, 0.25) is 0 Å². The molecule has 0 saturated carbocycles. The number of hydrogen-bond donors (Lipinski definition) is 1. The summed E-state index contributed by atoms with van der Waals surface area (Å²) in [7, 11) is 1.95. The first kappa shape index (κ1) is 19.2. The first-order valence-electron chi connectivity index (χ1n) is 8.30. The summed E-state index contributed by atoms with van der Waals surface area (Å²) in [5.41, 5.74) is 2.63. The summed E-state index contributed by atoms with van der Waals surface area (Å²) in [6.45, 7) is 4.36. The highest BCUT2D eigenvalue weighted by Crippen LogP contribution is 2.33. The van der Waals surface area contributed by atoms with Crippen LogP contribution in [0.5, 0.6) is 5.75 Å². The van der Waals surface area contributed by atoms with Crippen molar-refractivity contribution in [3.05, 3.63) is 64.2 Å². The van der Waals surface area contributed by atoms with Gasteiger partial charge in [-0.25, -0.2) is 4.98 Å². The van der Waals surface area contributed by atoms with Gasteiger partial charge in [-0.1, -0.05) is 12.1 Å². The maximum Gasteiger partial charge on any atom is 0.416 e. The molecule has 1 aromatic heterocycles. The van der Waals surface area contributed by atoms with Crippen LogP contribution >= 0.6 is 11.3 Å². The van der Waals surface area contributed by atoms with Gasteiger partial charge in [0.1, 0.15) is 10.8 Å². The lowest BCUT2D eigenvalue weighted by atomic mass is 10.1. The molecule has 0 spiro atoms. The molecule has 142 valence electrons. The Morgan fingerprint density at radius 3 is 2.33 bits per heavy atom. The topological polar surface area (TPSA) is 36.4 Å². The van der Waals surface area contributed by atoms with Crippen LogP contribution in [0.15, 0.2) is 42.5 Å². The summed E-state index contributed by atoms with van der Waals surface area (Å²) in [6, 6.07) is 10.5. The molecule has 0 saturated heterocycles. The van der Waals surface area contributed by atoms with Crippen molar-refractivity contribution < 1.29 is 18.3 Å². The number of rotatable bonds is 4. The van der Waals surface area contributed by atoms with E-state index in [2.05, 4.69) is 4.98 Å². The van der Waals surface area contributed by atoms with Gasteiger partial charge in [-0.3, -0.25) is 0 Å². The van der Waals surface area contributed by atoms with E-state index in [4.69, 9.17) is 0 Å². The molecule has 2 aromatic carbocycles. The fraction of sp³-hybridized carbons (Fsp3) is 0.250. The van der Waals surface area contributed by atoms with Crippen molar-refractivity contribution in [2.24, 2.45) is 0 Å². The third-order valence-electron chi connectivity index (χ3n) is 4.35. The number of phenols is 1. The van der Waals surface area contributed by atoms with Gasteiger partial charge in [-0.2, -0.15) is 13.2 Å². The Hall–Kier alpha value is -2.54. The van der Waals surface area contributed by atoms with Crippen molar-refractivity contribution in [3.8, 4) is 16.3 Å². The Bertz CT molecular complexity index is 949. The molecule has 27 heavy (non-hydrogen) atoms. The number of anilines is 1. The summed E-state index contributed by atoms with van der Waals surface area (Å²) in [4.78, 5) is 7.61. The molecule has 0 fully saturated rings. The average molecular weight is 392 g/mol. The summed E-state index contributed by atoms with van der Waals surface area (Å²) >= 11 is 1.47. The minimum absolute atomic E-state index is 0.255. The Labute approximate surface area is 159 Å². The standard InChI is InChI=1S/C20H19F3N2OS/c1-12-10-16(8-9-17(12)26)25(3)11-18-13(2)24-19(27-18)14-4-6-15(7-5-14)20(21,22)23/h4-10,26H,11H2,1-3H3. The van der Waals surface area contributed by atoms with Crippen LogP contribution in [0.1, 0.15) is 21.7 Å². The number of aromatic nitrogens is 1. The van der Waals surface area contributed by atoms with Gasteiger partial charge in [0.15, 0.2) is 0 Å². The maximum absolute atomic E-state index is 12.7. The molecule has 3 rings (SSSR count). The van der Waals surface area contributed by atoms with Crippen LogP contribution in [0.2, 0.25) is 0 Å². The molecule has 0 aliphatic rings. The van der Waals surface area contributed by atoms with E-state index >= 15 is 0 Å². The van der Waals surface area contributed by atoms with Crippen molar-refractivity contribution in [1.82, 2.24) is 4.98 Å². The molecule has 0 atom stereocenters. The molecule has 0 aliphatic heterocycles. The van der Waals surface area contributed by atoms with Gasteiger partial charge in [0, 0.05) is 23.2 Å². The zero-order valence-corrected chi connectivity index (χ0v) is 15.9. The summed E-state index contributed by atoms with van der Waals surface area (Å²) in [5.74, 6) is 0.255. The number of nitrogens with zero attached hydrogens (tertiary/aromatic N) is 2. The molecular formula is C20H19F3N2OS. The van der Waals surface area contributed by atoms with Crippen LogP contribution in [0.25, 0.3) is 10.6 Å². The number of thiazole rings is 1. The van der Waals surface area contributed by atoms with Crippen LogP contribution < -0.4 is 4.90 Å². The Kier molecular flexibility index (Phi) is 5.15. The van der Waals surface area contributed by atoms with Crippen molar-refractivity contribution in [2.75, 3.05) is 11.9 Å². The molecule has 3 nitrogen and oxygen atoms in total. The van der Waals surface area contributed by atoms with E-state index in [1.165, 1.54) is 23.5 Å². The number of aromatic hydroxyl groups is 1. The van der Waals surface area contributed by atoms with Gasteiger partial charge >= 0.3 is 6.18 Å². The van der Waals surface area contributed by atoms with Crippen LogP contribution in [-0.2, 0) is 12.7 Å². The van der Waals surface area contributed by atoms with E-state index in [1.54, 1.807) is 6.07 Å². The number of halogens is 3. The van der Waals surface area contributed by atoms with Crippen molar-refractivity contribution in [3.63, 3.8) is 0 Å². The van der Waals surface area contributed by atoms with Crippen molar-refractivity contribution in [2.45, 2.75) is 26.6 Å². The fourth-order valence-electron chi connectivity index (χ4n) is 2.68. The predicted molar refractivity (Wildman–Crippen MR) is 102 cm³/mol. The number of hydrogen-bond acceptors (Lipinski definition) is 4. The molecule has 1 heterocycles. The van der Waals surface area contributed by atoms with Gasteiger partial charge in [0.05, 0.1) is 17.8 Å². The van der Waals surface area contributed by atoms with Crippen LogP contribution in [-0.4, -0.2) is 17.1 Å². The zero-order valence-electron chi connectivity index (χ0n) is 15.1. The molecule has 0 bridgehead atoms. The smallest absolute Gasteiger partial charge is 0.416 e. The number of benzene rings is 2. The van der Waals surface area contributed by atoms with E-state index in [0.29, 0.717) is 17.1 Å². The lowest BCUT2D eigenvalue weighted by Crippen LogP contribution is -2.16. The quantitative estimate of drug-likeness (QED) is 0.611. The Morgan fingerprint density at radius 2 is 1.74 bits per heavy atom. The second-order valence-electron chi connectivity index (χ2n) is 6.43. The second kappa shape index (κ2) is 7.23. The zero-order chi connectivity index (χ0) is 19.8. The Morgan fingerprint density at radius 1 is 1.07 bits per heavy atom. The van der Waals surface area contributed by atoms with Gasteiger partial charge in [-0.15, -0.1) is 11.3 Å². The molecule has 1 N–H and O–H groups in total. The molecule has 0 aliphatic carbocycles. The second-order valence-corrected chi connectivity index (χ2v) is 7.51. The Balaban J connectivity index is 1.81. The van der Waals surface area contributed by atoms with Gasteiger partial charge < -0.3 is 10.0 Å². The normalized spacial score (nSPS) is 11.6. The highest BCUT2D eigenvalue weighted by Gasteiger charge is 2.30. The van der Waals surface area contributed by atoms with Crippen LogP contribution in [0, 0.1) is 13.8 Å². The number of alkyl halides is 3. The highest BCUT2D eigenvalue weighted by atomic mass is 32.1. The molecule has 0 amide bonds. The average Bonchev–Trinajstić information content (AvgIpc) is 2.97. The molecule has 0 unspecified atom stereocenters. The van der Waals surface area contributed by atoms with E-state index in [0.717, 1.165) is 34.0 Å². The van der Waals surface area contributed by atoms with E-state index in [1.807, 2.05) is 37.9 Å². The third kappa shape index (κ3) is 4.24. The predicted octanol–water partition coefficient (Wildman–Crippen LogP) is 5.79. The minimum Gasteiger partial charge on any atom is -0.508 e. The molecule has 3 aromatic rings. The number of phenolic OH excluding ortho intramolecular Hbond substituents is 1. The van der Waals surface area contributed by atoms with Crippen LogP contribution in [0.4, 0.5) is 18.9 Å². The fourth-order valence-corrected chi connectivity index (χ4v) is 3.81. The monoisotopic (exact) mass is 392 g/mol. The van der Waals surface area contributed by atoms with E-state index < -0.39 is 11.7 Å². The SMILES string of the molecule is Cc1cc(N(C)Cc2sc(-c3ccc(C(F)(F)F)cc3)nc2C)ccc1O. The third-order valence-corrected chi connectivity index (χ3v) is 5.55. The van der Waals surface area contributed by atoms with E-state index in [9.17, 15) is 18.3 Å². The summed E-state index contributed by atoms with van der Waals surface area (Å²) in [6.07, 6.45) is -4.34. The lowest BCUT2D eigenvalue weighted by molar-refractivity contribution is -0.137.